The topological polar surface area (TPSA) is 66.8 Å². The number of hydrogen-bond acceptors (Lipinski definition) is 3. The molecule has 2 rings (SSSR count). The van der Waals surface area contributed by atoms with Crippen LogP contribution in [-0.4, -0.2) is 36.0 Å². The second kappa shape index (κ2) is 7.29. The second-order valence-corrected chi connectivity index (χ2v) is 5.89. The van der Waals surface area contributed by atoms with Gasteiger partial charge >= 0.3 is 5.97 Å². The monoisotopic (exact) mass is 305 g/mol. The molecule has 0 saturated heterocycles. The summed E-state index contributed by atoms with van der Waals surface area (Å²) in [6.45, 7) is 0.502. The number of rotatable bonds is 5. The maximum Gasteiger partial charge on any atom is 0.306 e. The Balaban J connectivity index is 1.94. The molecule has 0 atom stereocenters. The largest absolute Gasteiger partial charge is 0.496 e. The smallest absolute Gasteiger partial charge is 0.306 e. The number of para-hydroxylation sites is 1. The molecule has 120 valence electrons. The number of carboxylic acid groups (broad SMARTS) is 1. The maximum absolute atomic E-state index is 12.5. The summed E-state index contributed by atoms with van der Waals surface area (Å²) in [5, 5.41) is 9.02. The molecule has 0 aliphatic heterocycles. The van der Waals surface area contributed by atoms with E-state index >= 15 is 0 Å². The molecule has 1 amide bonds. The molecule has 1 N–H and O–H groups in total. The van der Waals surface area contributed by atoms with E-state index in [9.17, 15) is 9.59 Å². The van der Waals surface area contributed by atoms with Crippen molar-refractivity contribution in [1.29, 1.82) is 0 Å². The molecule has 1 saturated carbocycles. The molecule has 0 aromatic heterocycles. The first kappa shape index (κ1) is 16.3. The Hall–Kier alpha value is -2.04. The molecule has 22 heavy (non-hydrogen) atoms. The molecule has 1 aromatic carbocycles. The van der Waals surface area contributed by atoms with Crippen molar-refractivity contribution < 1.29 is 19.4 Å². The third-order valence-corrected chi connectivity index (χ3v) is 4.40. The Bertz CT molecular complexity index is 535. The van der Waals surface area contributed by atoms with Crippen LogP contribution in [-0.2, 0) is 16.1 Å². The molecule has 0 bridgehead atoms. The highest BCUT2D eigenvalue weighted by molar-refractivity contribution is 5.79. The number of ether oxygens (including phenoxy) is 1. The van der Waals surface area contributed by atoms with Crippen LogP contribution in [0, 0.1) is 11.8 Å². The van der Waals surface area contributed by atoms with Gasteiger partial charge in [-0.05, 0) is 31.7 Å². The van der Waals surface area contributed by atoms with E-state index < -0.39 is 5.97 Å². The van der Waals surface area contributed by atoms with Crippen molar-refractivity contribution in [1.82, 2.24) is 4.90 Å². The minimum Gasteiger partial charge on any atom is -0.496 e. The number of methoxy groups -OCH3 is 1. The Morgan fingerprint density at radius 2 is 1.77 bits per heavy atom. The van der Waals surface area contributed by atoms with E-state index in [1.54, 1.807) is 19.1 Å². The lowest BCUT2D eigenvalue weighted by Gasteiger charge is -2.29. The first-order chi connectivity index (χ1) is 10.5. The highest BCUT2D eigenvalue weighted by atomic mass is 16.5. The summed E-state index contributed by atoms with van der Waals surface area (Å²) < 4.78 is 5.31. The Morgan fingerprint density at radius 1 is 1.18 bits per heavy atom. The van der Waals surface area contributed by atoms with Crippen molar-refractivity contribution in [2.45, 2.75) is 32.2 Å². The molecular weight excluding hydrogens is 282 g/mol. The average Bonchev–Trinajstić information content (AvgIpc) is 2.54. The van der Waals surface area contributed by atoms with E-state index in [0.29, 0.717) is 32.2 Å². The number of carbonyl (C=O) groups excluding carboxylic acids is 1. The molecular formula is C17H23NO4. The lowest BCUT2D eigenvalue weighted by Crippen LogP contribution is -2.35. The summed E-state index contributed by atoms with van der Waals surface area (Å²) >= 11 is 0. The molecule has 1 aliphatic carbocycles. The van der Waals surface area contributed by atoms with Gasteiger partial charge in [0, 0.05) is 25.1 Å². The van der Waals surface area contributed by atoms with Crippen molar-refractivity contribution in [2.24, 2.45) is 11.8 Å². The minimum atomic E-state index is -0.742. The van der Waals surface area contributed by atoms with Crippen LogP contribution in [0.4, 0.5) is 0 Å². The van der Waals surface area contributed by atoms with Gasteiger partial charge in [-0.15, -0.1) is 0 Å². The zero-order valence-electron chi connectivity index (χ0n) is 13.1. The summed E-state index contributed by atoms with van der Waals surface area (Å²) in [6, 6.07) is 7.65. The molecule has 0 heterocycles. The Labute approximate surface area is 130 Å². The van der Waals surface area contributed by atoms with Gasteiger partial charge in [-0.25, -0.2) is 0 Å². The third kappa shape index (κ3) is 3.78. The number of nitrogens with zero attached hydrogens (tertiary/aromatic N) is 1. The number of carbonyl (C=O) groups is 2. The van der Waals surface area contributed by atoms with Crippen molar-refractivity contribution >= 4 is 11.9 Å². The number of amides is 1. The number of benzene rings is 1. The van der Waals surface area contributed by atoms with E-state index in [1.165, 1.54) is 0 Å². The lowest BCUT2D eigenvalue weighted by atomic mass is 9.81. The molecule has 0 unspecified atom stereocenters. The quantitative estimate of drug-likeness (QED) is 0.908. The van der Waals surface area contributed by atoms with Crippen molar-refractivity contribution in [3.05, 3.63) is 29.8 Å². The molecule has 0 spiro atoms. The van der Waals surface area contributed by atoms with Crippen LogP contribution in [0.15, 0.2) is 24.3 Å². The van der Waals surface area contributed by atoms with Gasteiger partial charge in [0.25, 0.3) is 0 Å². The molecule has 5 nitrogen and oxygen atoms in total. The fourth-order valence-corrected chi connectivity index (χ4v) is 3.07. The van der Waals surface area contributed by atoms with E-state index in [4.69, 9.17) is 9.84 Å². The predicted octanol–water partition coefficient (Wildman–Crippen LogP) is 2.54. The van der Waals surface area contributed by atoms with Gasteiger partial charge in [-0.1, -0.05) is 18.2 Å². The van der Waals surface area contributed by atoms with E-state index in [2.05, 4.69) is 0 Å². The minimum absolute atomic E-state index is 0.0599. The second-order valence-electron chi connectivity index (χ2n) is 5.89. The first-order valence-corrected chi connectivity index (χ1v) is 7.62. The van der Waals surface area contributed by atoms with E-state index in [1.807, 2.05) is 24.3 Å². The van der Waals surface area contributed by atoms with E-state index in [0.717, 1.165) is 11.3 Å². The van der Waals surface area contributed by atoms with Crippen molar-refractivity contribution in [3.63, 3.8) is 0 Å². The van der Waals surface area contributed by atoms with Crippen LogP contribution in [0.25, 0.3) is 0 Å². The van der Waals surface area contributed by atoms with Crippen LogP contribution in [0.5, 0.6) is 5.75 Å². The lowest BCUT2D eigenvalue weighted by molar-refractivity contribution is -0.145. The Kier molecular flexibility index (Phi) is 5.41. The fraction of sp³-hybridized carbons (Fsp3) is 0.529. The molecule has 0 radical (unpaired) electrons. The molecule has 1 fully saturated rings. The Morgan fingerprint density at radius 3 is 2.36 bits per heavy atom. The van der Waals surface area contributed by atoms with Gasteiger partial charge in [0.2, 0.25) is 5.91 Å². The molecule has 1 aliphatic rings. The normalized spacial score (nSPS) is 21.2. The van der Waals surface area contributed by atoms with Crippen molar-refractivity contribution in [3.8, 4) is 5.75 Å². The summed E-state index contributed by atoms with van der Waals surface area (Å²) in [6.07, 6.45) is 2.50. The predicted molar refractivity (Wildman–Crippen MR) is 82.6 cm³/mol. The standard InChI is InChI=1S/C17H23NO4/c1-18(11-14-5-3-4-6-15(14)22-2)16(19)12-7-9-13(10-8-12)17(20)21/h3-6,12-13H,7-11H2,1-2H3,(H,20,21). The number of hydrogen-bond donors (Lipinski definition) is 1. The summed E-state index contributed by atoms with van der Waals surface area (Å²) in [4.78, 5) is 25.2. The van der Waals surface area contributed by atoms with Crippen LogP contribution in [0.2, 0.25) is 0 Å². The summed E-state index contributed by atoms with van der Waals surface area (Å²) in [7, 11) is 3.41. The van der Waals surface area contributed by atoms with Crippen molar-refractivity contribution in [2.75, 3.05) is 14.2 Å². The van der Waals surface area contributed by atoms with Crippen LogP contribution in [0.3, 0.4) is 0 Å². The maximum atomic E-state index is 12.5. The van der Waals surface area contributed by atoms with E-state index in [-0.39, 0.29) is 17.7 Å². The third-order valence-electron chi connectivity index (χ3n) is 4.40. The number of carboxylic acids is 1. The summed E-state index contributed by atoms with van der Waals surface area (Å²) in [5.74, 6) is -0.223. The molecule has 1 aromatic rings. The van der Waals surface area contributed by atoms with Gasteiger partial charge in [-0.2, -0.15) is 0 Å². The zero-order chi connectivity index (χ0) is 16.1. The zero-order valence-corrected chi connectivity index (χ0v) is 13.1. The molecule has 5 heteroatoms. The highest BCUT2D eigenvalue weighted by Crippen LogP contribution is 2.30. The number of aliphatic carboxylic acids is 1. The SMILES string of the molecule is COc1ccccc1CN(C)C(=O)C1CCC(C(=O)O)CC1. The van der Waals surface area contributed by atoms with Gasteiger partial charge in [-0.3, -0.25) is 9.59 Å². The summed E-state index contributed by atoms with van der Waals surface area (Å²) in [5.41, 5.74) is 0.972. The average molecular weight is 305 g/mol. The van der Waals surface area contributed by atoms with Gasteiger partial charge in [0.15, 0.2) is 0 Å². The van der Waals surface area contributed by atoms with Gasteiger partial charge in [0.1, 0.15) is 5.75 Å². The van der Waals surface area contributed by atoms with Crippen LogP contribution >= 0.6 is 0 Å². The van der Waals surface area contributed by atoms with Crippen LogP contribution < -0.4 is 4.74 Å². The van der Waals surface area contributed by atoms with Gasteiger partial charge in [0.05, 0.1) is 13.0 Å². The van der Waals surface area contributed by atoms with Gasteiger partial charge < -0.3 is 14.7 Å². The highest BCUT2D eigenvalue weighted by Gasteiger charge is 2.31. The fourth-order valence-electron chi connectivity index (χ4n) is 3.07. The first-order valence-electron chi connectivity index (χ1n) is 7.62. The van der Waals surface area contributed by atoms with Crippen LogP contribution in [0.1, 0.15) is 31.2 Å².